The maximum absolute atomic E-state index is 12.6. The van der Waals surface area contributed by atoms with Gasteiger partial charge in [-0.1, -0.05) is 19.1 Å². The fourth-order valence-corrected chi connectivity index (χ4v) is 3.55. The molecule has 2 unspecified atom stereocenters. The summed E-state index contributed by atoms with van der Waals surface area (Å²) in [7, 11) is 0. The number of piperidine rings is 1. The summed E-state index contributed by atoms with van der Waals surface area (Å²) in [6.07, 6.45) is 2.29. The molecule has 1 aromatic carbocycles. The number of halogens is 1. The van der Waals surface area contributed by atoms with Crippen LogP contribution in [0.4, 0.5) is 5.69 Å². The molecule has 0 aromatic heterocycles. The minimum atomic E-state index is -0.107. The number of hydrogen-bond donors (Lipinski definition) is 1. The zero-order chi connectivity index (χ0) is 17.1. The van der Waals surface area contributed by atoms with Crippen LogP contribution in [0.1, 0.15) is 26.2 Å². The van der Waals surface area contributed by atoms with E-state index in [0.717, 1.165) is 25.1 Å². The number of nitrogens with two attached hydrogens (primary N) is 1. The van der Waals surface area contributed by atoms with Crippen molar-refractivity contribution in [2.45, 2.75) is 32.2 Å². The quantitative estimate of drug-likeness (QED) is 0.880. The molecule has 2 amide bonds. The summed E-state index contributed by atoms with van der Waals surface area (Å²) in [5.41, 5.74) is 6.58. The van der Waals surface area contributed by atoms with Crippen LogP contribution < -0.4 is 15.4 Å². The van der Waals surface area contributed by atoms with Crippen LogP contribution in [0.25, 0.3) is 0 Å². The third kappa shape index (κ3) is 4.25. The van der Waals surface area contributed by atoms with Crippen LogP contribution in [0.5, 0.6) is 5.75 Å². The molecule has 3 rings (SSSR count). The van der Waals surface area contributed by atoms with E-state index in [1.165, 1.54) is 0 Å². The highest BCUT2D eigenvalue weighted by Gasteiger charge is 2.30. The van der Waals surface area contributed by atoms with Gasteiger partial charge >= 0.3 is 0 Å². The lowest BCUT2D eigenvalue weighted by atomic mass is 9.92. The van der Waals surface area contributed by atoms with Gasteiger partial charge in [0.05, 0.1) is 5.69 Å². The van der Waals surface area contributed by atoms with Gasteiger partial charge in [-0.05, 0) is 30.9 Å². The topological polar surface area (TPSA) is 75.9 Å². The van der Waals surface area contributed by atoms with Crippen molar-refractivity contribution >= 4 is 29.9 Å². The molecule has 0 radical (unpaired) electrons. The first-order valence-electron chi connectivity index (χ1n) is 8.62. The van der Waals surface area contributed by atoms with Gasteiger partial charge in [0.15, 0.2) is 6.61 Å². The molecule has 7 heteroatoms. The number of carbonyl (C=O) groups excluding carboxylic acids is 2. The number of likely N-dealkylation sites (tertiary alicyclic amines) is 1. The van der Waals surface area contributed by atoms with E-state index < -0.39 is 0 Å². The molecule has 2 atom stereocenters. The Labute approximate surface area is 154 Å². The Hall–Kier alpha value is -1.79. The number of amides is 2. The number of hydrogen-bond acceptors (Lipinski definition) is 4. The lowest BCUT2D eigenvalue weighted by Crippen LogP contribution is -2.50. The van der Waals surface area contributed by atoms with Crippen molar-refractivity contribution in [1.82, 2.24) is 4.90 Å². The van der Waals surface area contributed by atoms with Crippen molar-refractivity contribution in [1.29, 1.82) is 0 Å². The van der Waals surface area contributed by atoms with Crippen LogP contribution in [0.2, 0.25) is 0 Å². The fraction of sp³-hybridized carbons (Fsp3) is 0.556. The SMILES string of the molecule is CC1CCN(C(=O)CCN2C(=O)COc3ccccc32)C(CN)C1.Cl. The van der Waals surface area contributed by atoms with Gasteiger partial charge in [-0.15, -0.1) is 12.4 Å². The van der Waals surface area contributed by atoms with E-state index in [-0.39, 0.29) is 36.9 Å². The van der Waals surface area contributed by atoms with E-state index >= 15 is 0 Å². The molecule has 1 saturated heterocycles. The Bertz CT molecular complexity index is 625. The van der Waals surface area contributed by atoms with Crippen molar-refractivity contribution in [2.75, 3.05) is 31.1 Å². The fourth-order valence-electron chi connectivity index (χ4n) is 3.55. The Morgan fingerprint density at radius 2 is 2.12 bits per heavy atom. The maximum atomic E-state index is 12.6. The Morgan fingerprint density at radius 3 is 2.88 bits per heavy atom. The van der Waals surface area contributed by atoms with Crippen molar-refractivity contribution < 1.29 is 14.3 Å². The lowest BCUT2D eigenvalue weighted by Gasteiger charge is -2.38. The van der Waals surface area contributed by atoms with Gasteiger partial charge in [0.25, 0.3) is 5.91 Å². The van der Waals surface area contributed by atoms with E-state index in [4.69, 9.17) is 10.5 Å². The molecule has 1 aromatic rings. The molecule has 0 spiro atoms. The molecule has 138 valence electrons. The van der Waals surface area contributed by atoms with Gasteiger partial charge in [-0.2, -0.15) is 0 Å². The largest absolute Gasteiger partial charge is 0.482 e. The smallest absolute Gasteiger partial charge is 0.265 e. The molecule has 0 aliphatic carbocycles. The number of anilines is 1. The summed E-state index contributed by atoms with van der Waals surface area (Å²) in [6.45, 7) is 3.86. The summed E-state index contributed by atoms with van der Waals surface area (Å²) < 4.78 is 5.43. The van der Waals surface area contributed by atoms with Gasteiger partial charge in [-0.3, -0.25) is 9.59 Å². The van der Waals surface area contributed by atoms with Crippen molar-refractivity contribution in [3.63, 3.8) is 0 Å². The molecule has 2 aliphatic heterocycles. The Morgan fingerprint density at radius 1 is 1.36 bits per heavy atom. The summed E-state index contributed by atoms with van der Waals surface area (Å²) in [5.74, 6) is 1.27. The summed E-state index contributed by atoms with van der Waals surface area (Å²) in [4.78, 5) is 28.4. The van der Waals surface area contributed by atoms with Gasteiger partial charge < -0.3 is 20.3 Å². The van der Waals surface area contributed by atoms with E-state index in [0.29, 0.717) is 31.2 Å². The first kappa shape index (κ1) is 19.5. The van der Waals surface area contributed by atoms with Crippen LogP contribution in [-0.2, 0) is 9.59 Å². The molecule has 0 saturated carbocycles. The molecule has 2 N–H and O–H groups in total. The van der Waals surface area contributed by atoms with E-state index in [9.17, 15) is 9.59 Å². The number of fused-ring (bicyclic) bond motifs is 1. The third-order valence-corrected chi connectivity index (χ3v) is 4.93. The molecule has 25 heavy (non-hydrogen) atoms. The minimum Gasteiger partial charge on any atom is -0.482 e. The second-order valence-corrected chi connectivity index (χ2v) is 6.66. The normalized spacial score (nSPS) is 22.7. The van der Waals surface area contributed by atoms with Crippen LogP contribution in [0.3, 0.4) is 0 Å². The Kier molecular flexibility index (Phi) is 6.67. The number of rotatable bonds is 4. The van der Waals surface area contributed by atoms with E-state index in [1.54, 1.807) is 4.90 Å². The van der Waals surface area contributed by atoms with Crippen LogP contribution in [-0.4, -0.2) is 49.0 Å². The monoisotopic (exact) mass is 367 g/mol. The number of ether oxygens (including phenoxy) is 1. The predicted molar refractivity (Wildman–Crippen MR) is 99.1 cm³/mol. The average Bonchev–Trinajstić information content (AvgIpc) is 2.60. The zero-order valence-corrected chi connectivity index (χ0v) is 15.3. The van der Waals surface area contributed by atoms with Gasteiger partial charge in [0, 0.05) is 32.1 Å². The van der Waals surface area contributed by atoms with Crippen molar-refractivity contribution in [2.24, 2.45) is 11.7 Å². The molecule has 2 heterocycles. The summed E-state index contributed by atoms with van der Waals surface area (Å²) in [5, 5.41) is 0. The second-order valence-electron chi connectivity index (χ2n) is 6.66. The number of carbonyl (C=O) groups is 2. The van der Waals surface area contributed by atoms with Crippen LogP contribution in [0, 0.1) is 5.92 Å². The highest BCUT2D eigenvalue weighted by molar-refractivity contribution is 5.98. The van der Waals surface area contributed by atoms with E-state index in [2.05, 4.69) is 6.92 Å². The van der Waals surface area contributed by atoms with Crippen LogP contribution >= 0.6 is 12.4 Å². The average molecular weight is 368 g/mol. The van der Waals surface area contributed by atoms with Gasteiger partial charge in [-0.25, -0.2) is 0 Å². The standard InChI is InChI=1S/C18H25N3O3.ClH/c1-13-6-8-20(14(10-13)11-19)17(22)7-9-21-15-4-2-3-5-16(15)24-12-18(21)23;/h2-5,13-14H,6-12,19H2,1H3;1H. The van der Waals surface area contributed by atoms with Gasteiger partial charge in [0.1, 0.15) is 5.75 Å². The molecular weight excluding hydrogens is 342 g/mol. The van der Waals surface area contributed by atoms with Crippen molar-refractivity contribution in [3.05, 3.63) is 24.3 Å². The summed E-state index contributed by atoms with van der Waals surface area (Å²) in [6, 6.07) is 7.55. The lowest BCUT2D eigenvalue weighted by molar-refractivity contribution is -0.135. The second kappa shape index (κ2) is 8.54. The highest BCUT2D eigenvalue weighted by Crippen LogP contribution is 2.31. The molecule has 6 nitrogen and oxygen atoms in total. The number of benzene rings is 1. The Balaban J connectivity index is 0.00000225. The zero-order valence-electron chi connectivity index (χ0n) is 14.5. The first-order chi connectivity index (χ1) is 11.6. The molecular formula is C18H26ClN3O3. The first-order valence-corrected chi connectivity index (χ1v) is 8.62. The third-order valence-electron chi connectivity index (χ3n) is 4.93. The molecule has 2 aliphatic rings. The van der Waals surface area contributed by atoms with Crippen molar-refractivity contribution in [3.8, 4) is 5.75 Å². The van der Waals surface area contributed by atoms with E-state index in [1.807, 2.05) is 29.2 Å². The van der Waals surface area contributed by atoms with Gasteiger partial charge in [0.2, 0.25) is 5.91 Å². The number of para-hydroxylation sites is 2. The number of nitrogens with zero attached hydrogens (tertiary/aromatic N) is 2. The molecule has 1 fully saturated rings. The maximum Gasteiger partial charge on any atom is 0.265 e. The van der Waals surface area contributed by atoms with Crippen LogP contribution in [0.15, 0.2) is 24.3 Å². The molecule has 0 bridgehead atoms. The summed E-state index contributed by atoms with van der Waals surface area (Å²) >= 11 is 0. The highest BCUT2D eigenvalue weighted by atomic mass is 35.5. The predicted octanol–water partition coefficient (Wildman–Crippen LogP) is 1.81. The minimum absolute atomic E-state index is 0.